The second kappa shape index (κ2) is 11.4. The Hall–Kier alpha value is -2.17. The van der Waals surface area contributed by atoms with Crippen molar-refractivity contribution in [1.82, 2.24) is 10.6 Å². The molecule has 1 unspecified atom stereocenters. The van der Waals surface area contributed by atoms with Gasteiger partial charge in [0.15, 0.2) is 5.96 Å². The summed E-state index contributed by atoms with van der Waals surface area (Å²) in [6, 6.07) is 13.2. The van der Waals surface area contributed by atoms with Crippen LogP contribution >= 0.6 is 24.0 Å². The molecule has 9 heteroatoms. The first-order valence-electron chi connectivity index (χ1n) is 9.88. The highest BCUT2D eigenvalue weighted by molar-refractivity contribution is 14.0. The molecule has 3 rings (SSSR count). The first-order valence-corrected chi connectivity index (χ1v) is 9.88. The highest BCUT2D eigenvalue weighted by atomic mass is 127. The van der Waals surface area contributed by atoms with Gasteiger partial charge >= 0.3 is 6.18 Å². The van der Waals surface area contributed by atoms with E-state index < -0.39 is 11.7 Å². The van der Waals surface area contributed by atoms with Crippen LogP contribution in [0.1, 0.15) is 17.5 Å². The highest BCUT2D eigenvalue weighted by Crippen LogP contribution is 2.29. The molecule has 0 spiro atoms. The molecule has 0 saturated carbocycles. The minimum Gasteiger partial charge on any atom is -0.497 e. The van der Waals surface area contributed by atoms with Crippen molar-refractivity contribution in [3.8, 4) is 5.75 Å². The lowest BCUT2D eigenvalue weighted by Gasteiger charge is -2.20. The number of hydrogen-bond acceptors (Lipinski definition) is 3. The van der Waals surface area contributed by atoms with Gasteiger partial charge < -0.3 is 20.3 Å². The number of hydrogen-bond donors (Lipinski definition) is 2. The van der Waals surface area contributed by atoms with E-state index in [1.54, 1.807) is 14.2 Å². The minimum atomic E-state index is -4.32. The molecule has 0 aliphatic carbocycles. The normalized spacial score (nSPS) is 16.6. The molecule has 0 radical (unpaired) electrons. The predicted octanol–water partition coefficient (Wildman–Crippen LogP) is 4.52. The molecule has 170 valence electrons. The Bertz CT molecular complexity index is 859. The number of halogens is 4. The van der Waals surface area contributed by atoms with Gasteiger partial charge in [-0.2, -0.15) is 13.2 Å². The molecule has 1 aliphatic heterocycles. The molecule has 0 amide bonds. The molecule has 0 aromatic heterocycles. The molecule has 0 bridgehead atoms. The fourth-order valence-electron chi connectivity index (χ4n) is 3.50. The van der Waals surface area contributed by atoms with E-state index in [2.05, 4.69) is 26.6 Å². The van der Waals surface area contributed by atoms with Crippen LogP contribution in [-0.2, 0) is 12.7 Å². The monoisotopic (exact) mass is 548 g/mol. The maximum absolute atomic E-state index is 12.7. The van der Waals surface area contributed by atoms with Crippen molar-refractivity contribution in [3.05, 3.63) is 59.7 Å². The number of ether oxygens (including phenoxy) is 1. The van der Waals surface area contributed by atoms with E-state index >= 15 is 0 Å². The molecule has 1 fully saturated rings. The summed E-state index contributed by atoms with van der Waals surface area (Å²) in [7, 11) is 3.35. The fraction of sp³-hybridized carbons (Fsp3) is 0.409. The number of alkyl halides is 3. The molecule has 2 N–H and O–H groups in total. The number of guanidine groups is 1. The van der Waals surface area contributed by atoms with Crippen LogP contribution < -0.4 is 20.3 Å². The fourth-order valence-corrected chi connectivity index (χ4v) is 3.50. The quantitative estimate of drug-likeness (QED) is 0.317. The lowest BCUT2D eigenvalue weighted by atomic mass is 10.1. The Morgan fingerprint density at radius 2 is 1.90 bits per heavy atom. The van der Waals surface area contributed by atoms with Gasteiger partial charge in [0.25, 0.3) is 0 Å². The molecule has 31 heavy (non-hydrogen) atoms. The standard InChI is InChI=1S/C22H27F3N4O.HI/c1-26-21(27-13-16-6-8-18(9-7-16)22(23,24)25)28-14-17-10-11-29(15-17)19-4-3-5-20(12-19)30-2;/h3-9,12,17H,10-11,13-15H2,1-2H3,(H2,26,27,28);1H. The Morgan fingerprint density at radius 1 is 1.16 bits per heavy atom. The number of aliphatic imine (C=N–C) groups is 1. The topological polar surface area (TPSA) is 48.9 Å². The average molecular weight is 548 g/mol. The van der Waals surface area contributed by atoms with Crippen LogP contribution in [0.4, 0.5) is 18.9 Å². The van der Waals surface area contributed by atoms with Gasteiger partial charge in [0, 0.05) is 45.0 Å². The molecule has 2 aromatic carbocycles. The predicted molar refractivity (Wildman–Crippen MR) is 128 cm³/mol. The zero-order chi connectivity index (χ0) is 21.6. The van der Waals surface area contributed by atoms with Crippen LogP contribution in [0.3, 0.4) is 0 Å². The number of methoxy groups -OCH3 is 1. The van der Waals surface area contributed by atoms with E-state index in [0.717, 1.165) is 55.2 Å². The summed E-state index contributed by atoms with van der Waals surface area (Å²) in [5.41, 5.74) is 1.27. The van der Waals surface area contributed by atoms with E-state index in [-0.39, 0.29) is 24.0 Å². The zero-order valence-electron chi connectivity index (χ0n) is 17.6. The summed E-state index contributed by atoms with van der Waals surface area (Å²) in [6.45, 7) is 3.10. The number of anilines is 1. The lowest BCUT2D eigenvalue weighted by molar-refractivity contribution is -0.137. The smallest absolute Gasteiger partial charge is 0.416 e. The van der Waals surface area contributed by atoms with Crippen LogP contribution in [0.2, 0.25) is 0 Å². The summed E-state index contributed by atoms with van der Waals surface area (Å²) in [6.07, 6.45) is -3.25. The summed E-state index contributed by atoms with van der Waals surface area (Å²) in [5, 5.41) is 6.47. The van der Waals surface area contributed by atoms with E-state index in [9.17, 15) is 13.2 Å². The van der Waals surface area contributed by atoms with Crippen LogP contribution in [-0.4, -0.2) is 39.8 Å². The summed E-state index contributed by atoms with van der Waals surface area (Å²) in [5.74, 6) is 1.96. The SMILES string of the molecule is CN=C(NCc1ccc(C(F)(F)F)cc1)NCC1CCN(c2cccc(OC)c2)C1.I. The van der Waals surface area contributed by atoms with Crippen molar-refractivity contribution >= 4 is 35.6 Å². The van der Waals surface area contributed by atoms with Gasteiger partial charge in [0.05, 0.1) is 12.7 Å². The summed E-state index contributed by atoms with van der Waals surface area (Å²) >= 11 is 0. The van der Waals surface area contributed by atoms with E-state index in [1.165, 1.54) is 12.1 Å². The average Bonchev–Trinajstić information content (AvgIpc) is 3.23. The highest BCUT2D eigenvalue weighted by Gasteiger charge is 2.29. The number of nitrogens with zero attached hydrogens (tertiary/aromatic N) is 2. The van der Waals surface area contributed by atoms with Gasteiger partial charge in [-0.15, -0.1) is 24.0 Å². The third-order valence-corrected chi connectivity index (χ3v) is 5.23. The Labute approximate surface area is 198 Å². The third-order valence-electron chi connectivity index (χ3n) is 5.23. The summed E-state index contributed by atoms with van der Waals surface area (Å²) < 4.78 is 43.3. The zero-order valence-corrected chi connectivity index (χ0v) is 19.9. The first-order chi connectivity index (χ1) is 14.4. The lowest BCUT2D eigenvalue weighted by Crippen LogP contribution is -2.39. The van der Waals surface area contributed by atoms with Crippen molar-refractivity contribution in [1.29, 1.82) is 0 Å². The van der Waals surface area contributed by atoms with Gasteiger partial charge in [0.2, 0.25) is 0 Å². The molecule has 1 saturated heterocycles. The van der Waals surface area contributed by atoms with Gasteiger partial charge in [-0.3, -0.25) is 4.99 Å². The third kappa shape index (κ3) is 7.19. The van der Waals surface area contributed by atoms with Gasteiger partial charge in [-0.25, -0.2) is 0 Å². The second-order valence-electron chi connectivity index (χ2n) is 7.30. The minimum absolute atomic E-state index is 0. The van der Waals surface area contributed by atoms with E-state index in [0.29, 0.717) is 18.4 Å². The van der Waals surface area contributed by atoms with Gasteiger partial charge in [-0.1, -0.05) is 18.2 Å². The maximum Gasteiger partial charge on any atom is 0.416 e. The van der Waals surface area contributed by atoms with Gasteiger partial charge in [-0.05, 0) is 42.2 Å². The van der Waals surface area contributed by atoms with Crippen molar-refractivity contribution in [2.24, 2.45) is 10.9 Å². The van der Waals surface area contributed by atoms with Crippen molar-refractivity contribution < 1.29 is 17.9 Å². The van der Waals surface area contributed by atoms with Crippen LogP contribution in [0.5, 0.6) is 5.75 Å². The Morgan fingerprint density at radius 3 is 2.55 bits per heavy atom. The molecule has 1 heterocycles. The Balaban J connectivity index is 0.00000341. The number of benzene rings is 2. The molecule has 5 nitrogen and oxygen atoms in total. The van der Waals surface area contributed by atoms with Crippen molar-refractivity contribution in [3.63, 3.8) is 0 Å². The van der Waals surface area contributed by atoms with E-state index in [4.69, 9.17) is 4.74 Å². The van der Waals surface area contributed by atoms with Crippen molar-refractivity contribution in [2.45, 2.75) is 19.1 Å². The first kappa shape index (κ1) is 25.1. The molecule has 1 aliphatic rings. The maximum atomic E-state index is 12.7. The molecule has 1 atom stereocenters. The van der Waals surface area contributed by atoms with Crippen LogP contribution in [0, 0.1) is 5.92 Å². The van der Waals surface area contributed by atoms with Crippen LogP contribution in [0.25, 0.3) is 0 Å². The molecule has 2 aromatic rings. The second-order valence-corrected chi connectivity index (χ2v) is 7.30. The van der Waals surface area contributed by atoms with Crippen molar-refractivity contribution in [2.75, 3.05) is 38.7 Å². The molecular weight excluding hydrogens is 520 g/mol. The van der Waals surface area contributed by atoms with E-state index in [1.807, 2.05) is 18.2 Å². The van der Waals surface area contributed by atoms with Crippen LogP contribution in [0.15, 0.2) is 53.5 Å². The number of rotatable bonds is 6. The largest absolute Gasteiger partial charge is 0.497 e. The Kier molecular flexibility index (Phi) is 9.27. The van der Waals surface area contributed by atoms with Gasteiger partial charge in [0.1, 0.15) is 5.75 Å². The molecular formula is C22H28F3IN4O. The summed E-state index contributed by atoms with van der Waals surface area (Å²) in [4.78, 5) is 6.55. The number of nitrogens with one attached hydrogen (secondary N) is 2.